The minimum atomic E-state index is 0.251. The van der Waals surface area contributed by atoms with Gasteiger partial charge in [-0.1, -0.05) is 46.0 Å². The maximum absolute atomic E-state index is 12.0. The van der Waals surface area contributed by atoms with E-state index < -0.39 is 0 Å². The van der Waals surface area contributed by atoms with Gasteiger partial charge in [0, 0.05) is 12.5 Å². The topological polar surface area (TPSA) is 29.1 Å². The van der Waals surface area contributed by atoms with Gasteiger partial charge in [-0.15, -0.1) is 0 Å². The molecule has 0 heterocycles. The summed E-state index contributed by atoms with van der Waals surface area (Å²) in [4.78, 5) is 12.0. The largest absolute Gasteiger partial charge is 0.356 e. The van der Waals surface area contributed by atoms with Crippen LogP contribution in [0.4, 0.5) is 0 Å². The highest BCUT2D eigenvalue weighted by Gasteiger charge is 2.16. The van der Waals surface area contributed by atoms with Crippen LogP contribution in [0.5, 0.6) is 0 Å². The van der Waals surface area contributed by atoms with Crippen molar-refractivity contribution >= 4 is 17.7 Å². The molecule has 0 aromatic rings. The number of hydrogen-bond donors (Lipinski definition) is 1. The molecule has 0 aliphatic rings. The van der Waals surface area contributed by atoms with Gasteiger partial charge in [-0.25, -0.2) is 0 Å². The maximum Gasteiger partial charge on any atom is 0.223 e. The molecule has 0 saturated heterocycles. The molecule has 108 valence electrons. The molecule has 1 N–H and O–H groups in total. The number of rotatable bonds is 12. The molecule has 18 heavy (non-hydrogen) atoms. The molecule has 0 spiro atoms. The van der Waals surface area contributed by atoms with Gasteiger partial charge in [0.1, 0.15) is 0 Å². The lowest BCUT2D eigenvalue weighted by molar-refractivity contribution is -0.125. The molecule has 0 saturated carbocycles. The molecule has 0 radical (unpaired) electrons. The lowest BCUT2D eigenvalue weighted by Crippen LogP contribution is -2.31. The molecule has 1 unspecified atom stereocenters. The van der Waals surface area contributed by atoms with E-state index in [2.05, 4.69) is 25.4 Å². The summed E-state index contributed by atoms with van der Waals surface area (Å²) in [6.07, 6.45) is 11.5. The van der Waals surface area contributed by atoms with Gasteiger partial charge in [0.15, 0.2) is 0 Å². The standard InChI is InChI=1S/C15H31NOS/c1-4-6-7-8-11-14(10-5-2)15(17)16-12-9-13-18-3/h14H,4-13H2,1-3H3,(H,16,17). The van der Waals surface area contributed by atoms with Crippen LogP contribution in [0.1, 0.15) is 65.2 Å². The van der Waals surface area contributed by atoms with Crippen molar-refractivity contribution in [1.29, 1.82) is 0 Å². The first-order chi connectivity index (χ1) is 8.76. The Balaban J connectivity index is 3.79. The first kappa shape index (κ1) is 17.8. The molecular weight excluding hydrogens is 242 g/mol. The van der Waals surface area contributed by atoms with Crippen molar-refractivity contribution in [3.05, 3.63) is 0 Å². The van der Waals surface area contributed by atoms with E-state index in [-0.39, 0.29) is 11.8 Å². The number of thioether (sulfide) groups is 1. The van der Waals surface area contributed by atoms with E-state index in [0.29, 0.717) is 0 Å². The average molecular weight is 273 g/mol. The van der Waals surface area contributed by atoms with Crippen LogP contribution in [-0.2, 0) is 4.79 Å². The predicted molar refractivity (Wildman–Crippen MR) is 83.2 cm³/mol. The molecular formula is C15H31NOS. The third-order valence-corrected chi connectivity index (χ3v) is 3.94. The third kappa shape index (κ3) is 9.81. The molecule has 0 aliphatic heterocycles. The Morgan fingerprint density at radius 1 is 1.06 bits per heavy atom. The van der Waals surface area contributed by atoms with E-state index in [9.17, 15) is 4.79 Å². The van der Waals surface area contributed by atoms with Crippen molar-refractivity contribution in [2.45, 2.75) is 65.2 Å². The highest BCUT2D eigenvalue weighted by molar-refractivity contribution is 7.98. The first-order valence-electron chi connectivity index (χ1n) is 7.52. The maximum atomic E-state index is 12.0. The SMILES string of the molecule is CCCCCCC(CCC)C(=O)NCCCSC. The van der Waals surface area contributed by atoms with Crippen molar-refractivity contribution in [2.75, 3.05) is 18.6 Å². The Labute approximate surface area is 118 Å². The quantitative estimate of drug-likeness (QED) is 0.539. The molecule has 0 aromatic heterocycles. The van der Waals surface area contributed by atoms with Crippen molar-refractivity contribution in [3.63, 3.8) is 0 Å². The van der Waals surface area contributed by atoms with Crippen LogP contribution in [0.25, 0.3) is 0 Å². The lowest BCUT2D eigenvalue weighted by atomic mass is 9.95. The number of amides is 1. The second-order valence-electron chi connectivity index (χ2n) is 4.97. The number of carbonyl (C=O) groups is 1. The molecule has 0 bridgehead atoms. The molecule has 0 rings (SSSR count). The molecule has 0 fully saturated rings. The van der Waals surface area contributed by atoms with Gasteiger partial charge in [0.2, 0.25) is 5.91 Å². The normalized spacial score (nSPS) is 12.4. The molecule has 1 amide bonds. The zero-order valence-electron chi connectivity index (χ0n) is 12.5. The van der Waals surface area contributed by atoms with Gasteiger partial charge in [-0.2, -0.15) is 11.8 Å². The second-order valence-corrected chi connectivity index (χ2v) is 5.96. The number of unbranched alkanes of at least 4 members (excludes halogenated alkanes) is 3. The Kier molecular flexibility index (Phi) is 13.1. The van der Waals surface area contributed by atoms with Crippen LogP contribution in [0.2, 0.25) is 0 Å². The second kappa shape index (κ2) is 13.3. The van der Waals surface area contributed by atoms with Crippen LogP contribution in [-0.4, -0.2) is 24.5 Å². The zero-order valence-corrected chi connectivity index (χ0v) is 13.3. The van der Waals surface area contributed by atoms with Crippen molar-refractivity contribution in [2.24, 2.45) is 5.92 Å². The number of hydrogen-bond acceptors (Lipinski definition) is 2. The average Bonchev–Trinajstić information content (AvgIpc) is 2.38. The molecule has 0 aromatic carbocycles. The van der Waals surface area contributed by atoms with Crippen LogP contribution in [0.3, 0.4) is 0 Å². The summed E-state index contributed by atoms with van der Waals surface area (Å²) in [5, 5.41) is 3.09. The van der Waals surface area contributed by atoms with Crippen molar-refractivity contribution in [3.8, 4) is 0 Å². The minimum Gasteiger partial charge on any atom is -0.356 e. The third-order valence-electron chi connectivity index (χ3n) is 3.24. The lowest BCUT2D eigenvalue weighted by Gasteiger charge is -2.16. The fourth-order valence-corrected chi connectivity index (χ4v) is 2.58. The van der Waals surface area contributed by atoms with Gasteiger partial charge in [-0.3, -0.25) is 4.79 Å². The predicted octanol–water partition coefficient (Wildman–Crippen LogP) is 4.24. The van der Waals surface area contributed by atoms with E-state index in [0.717, 1.165) is 38.0 Å². The fraction of sp³-hybridized carbons (Fsp3) is 0.933. The van der Waals surface area contributed by atoms with Gasteiger partial charge in [0.05, 0.1) is 0 Å². The molecule has 3 heteroatoms. The highest BCUT2D eigenvalue weighted by Crippen LogP contribution is 2.16. The molecule has 0 aliphatic carbocycles. The summed E-state index contributed by atoms with van der Waals surface area (Å²) in [6, 6.07) is 0. The number of nitrogens with one attached hydrogen (secondary N) is 1. The summed E-state index contributed by atoms with van der Waals surface area (Å²) in [5.74, 6) is 1.67. The van der Waals surface area contributed by atoms with Crippen molar-refractivity contribution in [1.82, 2.24) is 5.32 Å². The van der Waals surface area contributed by atoms with E-state index in [1.54, 1.807) is 0 Å². The smallest absolute Gasteiger partial charge is 0.223 e. The Morgan fingerprint density at radius 3 is 2.44 bits per heavy atom. The van der Waals surface area contributed by atoms with E-state index in [4.69, 9.17) is 0 Å². The summed E-state index contributed by atoms with van der Waals surface area (Å²) in [6.45, 7) is 5.23. The van der Waals surface area contributed by atoms with Gasteiger partial charge >= 0.3 is 0 Å². The highest BCUT2D eigenvalue weighted by atomic mass is 32.2. The van der Waals surface area contributed by atoms with Gasteiger partial charge in [0.25, 0.3) is 0 Å². The van der Waals surface area contributed by atoms with Crippen molar-refractivity contribution < 1.29 is 4.79 Å². The Morgan fingerprint density at radius 2 is 1.83 bits per heavy atom. The van der Waals surface area contributed by atoms with Gasteiger partial charge < -0.3 is 5.32 Å². The Hall–Kier alpha value is -0.180. The molecule has 1 atom stereocenters. The van der Waals surface area contributed by atoms with Crippen LogP contribution in [0.15, 0.2) is 0 Å². The summed E-state index contributed by atoms with van der Waals surface area (Å²) in [7, 11) is 0. The summed E-state index contributed by atoms with van der Waals surface area (Å²) < 4.78 is 0. The van der Waals surface area contributed by atoms with E-state index in [1.807, 2.05) is 11.8 Å². The Bertz CT molecular complexity index is 197. The van der Waals surface area contributed by atoms with Crippen LogP contribution < -0.4 is 5.32 Å². The van der Waals surface area contributed by atoms with Gasteiger partial charge in [-0.05, 0) is 31.3 Å². The first-order valence-corrected chi connectivity index (χ1v) is 8.92. The summed E-state index contributed by atoms with van der Waals surface area (Å²) in [5.41, 5.74) is 0. The summed E-state index contributed by atoms with van der Waals surface area (Å²) >= 11 is 1.84. The zero-order chi connectivity index (χ0) is 13.6. The fourth-order valence-electron chi connectivity index (χ4n) is 2.14. The van der Waals surface area contributed by atoms with Crippen LogP contribution in [0, 0.1) is 5.92 Å². The van der Waals surface area contributed by atoms with E-state index >= 15 is 0 Å². The minimum absolute atomic E-state index is 0.251. The number of carbonyl (C=O) groups excluding carboxylic acids is 1. The van der Waals surface area contributed by atoms with Crippen LogP contribution >= 0.6 is 11.8 Å². The molecule has 2 nitrogen and oxygen atoms in total. The van der Waals surface area contributed by atoms with E-state index in [1.165, 1.54) is 25.7 Å². The monoisotopic (exact) mass is 273 g/mol.